The molecule has 41 heavy (non-hydrogen) atoms. The normalized spacial score (nSPS) is 18.5. The van der Waals surface area contributed by atoms with Crippen LogP contribution in [0.1, 0.15) is 72.3 Å². The Balaban J connectivity index is 0.00000226. The first-order chi connectivity index (χ1) is 19.9. The van der Waals surface area contributed by atoms with E-state index in [0.717, 1.165) is 81.0 Å². The molecule has 0 saturated carbocycles. The third-order valence-electron chi connectivity index (χ3n) is 8.22. The topological polar surface area (TPSA) is 31.2 Å². The maximum absolute atomic E-state index is 4.86. The quantitative estimate of drug-likeness (QED) is 0.291. The lowest BCUT2D eigenvalue weighted by Gasteiger charge is -2.39. The van der Waals surface area contributed by atoms with Gasteiger partial charge in [0.1, 0.15) is 0 Å². The zero-order chi connectivity index (χ0) is 29.8. The van der Waals surface area contributed by atoms with Gasteiger partial charge in [0.15, 0.2) is 0 Å². The van der Waals surface area contributed by atoms with Crippen molar-refractivity contribution in [3.8, 4) is 11.1 Å². The second-order valence-electron chi connectivity index (χ2n) is 10.5. The molecule has 2 aromatic rings. The fraction of sp³-hybridized carbons (Fsp3) is 0.405. The van der Waals surface area contributed by atoms with Crippen LogP contribution in [0.15, 0.2) is 107 Å². The van der Waals surface area contributed by atoms with Crippen molar-refractivity contribution in [2.75, 3.05) is 26.2 Å². The van der Waals surface area contributed by atoms with Crippen LogP contribution in [0, 0.1) is 5.92 Å². The van der Waals surface area contributed by atoms with E-state index in [-0.39, 0.29) is 0 Å². The van der Waals surface area contributed by atoms with E-state index in [2.05, 4.69) is 105 Å². The van der Waals surface area contributed by atoms with Crippen LogP contribution in [0.4, 0.5) is 0 Å². The molecule has 2 fully saturated rings. The molecular formula is C37H50N4. The molecule has 0 unspecified atom stereocenters. The summed E-state index contributed by atoms with van der Waals surface area (Å²) in [6.45, 7) is 26.9. The van der Waals surface area contributed by atoms with E-state index in [1.54, 1.807) is 6.20 Å². The number of rotatable bonds is 9. The minimum Gasteiger partial charge on any atom is -0.375 e. The molecule has 0 aromatic heterocycles. The monoisotopic (exact) mass is 550 g/mol. The molecule has 4 heteroatoms. The van der Waals surface area contributed by atoms with Crippen LogP contribution in [-0.4, -0.2) is 47.4 Å². The molecule has 4 nitrogen and oxygen atoms in total. The first-order valence-corrected chi connectivity index (χ1v) is 15.4. The van der Waals surface area contributed by atoms with Gasteiger partial charge in [-0.1, -0.05) is 102 Å². The van der Waals surface area contributed by atoms with Gasteiger partial charge in [0.2, 0.25) is 0 Å². The molecule has 0 atom stereocenters. The second kappa shape index (κ2) is 16.0. The molecule has 0 spiro atoms. The van der Waals surface area contributed by atoms with E-state index in [4.69, 9.17) is 9.98 Å². The van der Waals surface area contributed by atoms with E-state index in [1.807, 2.05) is 13.8 Å². The van der Waals surface area contributed by atoms with Crippen molar-refractivity contribution in [3.05, 3.63) is 103 Å². The number of likely N-dealkylation sites (tertiary alicyclic amines) is 2. The summed E-state index contributed by atoms with van der Waals surface area (Å²) in [4.78, 5) is 14.5. The van der Waals surface area contributed by atoms with E-state index in [0.29, 0.717) is 5.92 Å². The van der Waals surface area contributed by atoms with Gasteiger partial charge < -0.3 is 9.80 Å². The van der Waals surface area contributed by atoms with Crippen LogP contribution in [0.2, 0.25) is 0 Å². The maximum Gasteiger partial charge on any atom is 0.0488 e. The van der Waals surface area contributed by atoms with Crippen molar-refractivity contribution in [3.63, 3.8) is 0 Å². The van der Waals surface area contributed by atoms with E-state index in [1.165, 1.54) is 28.1 Å². The molecule has 2 aliphatic rings. The molecule has 218 valence electrons. The summed E-state index contributed by atoms with van der Waals surface area (Å²) in [5, 5.41) is 0. The highest BCUT2D eigenvalue weighted by Crippen LogP contribution is 2.30. The highest BCUT2D eigenvalue weighted by atomic mass is 15.2. The van der Waals surface area contributed by atoms with Crippen molar-refractivity contribution >= 4 is 17.1 Å². The molecule has 2 heterocycles. The van der Waals surface area contributed by atoms with Crippen LogP contribution in [-0.2, 0) is 0 Å². The van der Waals surface area contributed by atoms with Crippen LogP contribution < -0.4 is 0 Å². The molecule has 0 N–H and O–H groups in total. The van der Waals surface area contributed by atoms with Crippen molar-refractivity contribution in [1.29, 1.82) is 0 Å². The van der Waals surface area contributed by atoms with E-state index in [9.17, 15) is 0 Å². The third kappa shape index (κ3) is 8.19. The van der Waals surface area contributed by atoms with Crippen molar-refractivity contribution in [2.45, 2.75) is 66.7 Å². The minimum atomic E-state index is 0.551. The zero-order valence-electron chi connectivity index (χ0n) is 26.1. The SMILES string of the molecule is C=CN=C1CCN(C(=C)c2ccc(-c3ccccc3)cc2)C/C1=C(/C)N1CCC(C(CC)=NC(=C)CC)CC1.CC. The lowest BCUT2D eigenvalue weighted by Crippen LogP contribution is -2.40. The number of allylic oxidation sites excluding steroid dienone is 2. The van der Waals surface area contributed by atoms with Gasteiger partial charge in [0.05, 0.1) is 0 Å². The summed E-state index contributed by atoms with van der Waals surface area (Å²) >= 11 is 0. The lowest BCUT2D eigenvalue weighted by atomic mass is 9.89. The van der Waals surface area contributed by atoms with Crippen LogP contribution >= 0.6 is 0 Å². The highest BCUT2D eigenvalue weighted by molar-refractivity contribution is 6.02. The predicted octanol–water partition coefficient (Wildman–Crippen LogP) is 9.40. The Bertz CT molecular complexity index is 1260. The Morgan fingerprint density at radius 3 is 2.10 bits per heavy atom. The standard InChI is InChI=1S/C35H44N4.C2H6/c1-7-26(4)37-34(8-2)32-19-22-38(23-20-32)28(6)33-25-39(24-21-35(33)36-9-3)27(5)29-15-17-31(18-16-29)30-13-11-10-12-14-30;1-2/h9-18,32H,3-5,7-8,19-25H2,1-2,6H3;1-2H3/b33-28+,36-35?,37-34?;. The highest BCUT2D eigenvalue weighted by Gasteiger charge is 2.28. The van der Waals surface area contributed by atoms with Crippen molar-refractivity contribution in [2.24, 2.45) is 15.9 Å². The van der Waals surface area contributed by atoms with Gasteiger partial charge in [0.25, 0.3) is 0 Å². The Hall–Kier alpha value is -3.66. The summed E-state index contributed by atoms with van der Waals surface area (Å²) in [5.74, 6) is 0.551. The molecular weight excluding hydrogens is 500 g/mol. The van der Waals surface area contributed by atoms with Gasteiger partial charge in [-0.3, -0.25) is 9.98 Å². The van der Waals surface area contributed by atoms with Crippen LogP contribution in [0.25, 0.3) is 16.8 Å². The fourth-order valence-corrected chi connectivity index (χ4v) is 5.71. The van der Waals surface area contributed by atoms with Gasteiger partial charge in [-0.15, -0.1) is 0 Å². The molecule has 0 bridgehead atoms. The Morgan fingerprint density at radius 1 is 0.878 bits per heavy atom. The average molecular weight is 551 g/mol. The third-order valence-corrected chi connectivity index (χ3v) is 8.22. The van der Waals surface area contributed by atoms with E-state index >= 15 is 0 Å². The number of nitrogens with zero attached hydrogens (tertiary/aromatic N) is 4. The number of piperidine rings is 2. The van der Waals surface area contributed by atoms with Crippen LogP contribution in [0.3, 0.4) is 0 Å². The summed E-state index contributed by atoms with van der Waals surface area (Å²) < 4.78 is 0. The van der Waals surface area contributed by atoms with Crippen molar-refractivity contribution in [1.82, 2.24) is 9.80 Å². The smallest absolute Gasteiger partial charge is 0.0488 e. The summed E-state index contributed by atoms with van der Waals surface area (Å²) in [5.41, 5.74) is 10.8. The molecule has 0 radical (unpaired) electrons. The van der Waals surface area contributed by atoms with Gasteiger partial charge in [-0.2, -0.15) is 0 Å². The Morgan fingerprint density at radius 2 is 1.51 bits per heavy atom. The first kappa shape index (κ1) is 31.9. The number of hydrogen-bond donors (Lipinski definition) is 0. The zero-order valence-corrected chi connectivity index (χ0v) is 26.1. The molecule has 4 rings (SSSR count). The number of aliphatic imine (C=N–C) groups is 2. The van der Waals surface area contributed by atoms with Crippen LogP contribution in [0.5, 0.6) is 0 Å². The van der Waals surface area contributed by atoms with Gasteiger partial charge >= 0.3 is 0 Å². The predicted molar refractivity (Wildman–Crippen MR) is 180 cm³/mol. The Kier molecular flexibility index (Phi) is 12.4. The van der Waals surface area contributed by atoms with Crippen molar-refractivity contribution < 1.29 is 0 Å². The summed E-state index contributed by atoms with van der Waals surface area (Å²) in [6.07, 6.45) is 6.76. The van der Waals surface area contributed by atoms with E-state index < -0.39 is 0 Å². The molecule has 2 saturated heterocycles. The first-order valence-electron chi connectivity index (χ1n) is 15.4. The molecule has 2 aliphatic heterocycles. The fourth-order valence-electron chi connectivity index (χ4n) is 5.71. The Labute approximate surface area is 249 Å². The maximum atomic E-state index is 4.86. The average Bonchev–Trinajstić information content (AvgIpc) is 3.04. The largest absolute Gasteiger partial charge is 0.375 e. The number of hydrogen-bond acceptors (Lipinski definition) is 4. The summed E-state index contributed by atoms with van der Waals surface area (Å²) in [6, 6.07) is 19.3. The molecule has 0 amide bonds. The second-order valence-corrected chi connectivity index (χ2v) is 10.5. The molecule has 0 aliphatic carbocycles. The van der Waals surface area contributed by atoms with Gasteiger partial charge in [0, 0.05) is 78.8 Å². The van der Waals surface area contributed by atoms with Gasteiger partial charge in [-0.25, -0.2) is 0 Å². The lowest BCUT2D eigenvalue weighted by molar-refractivity contribution is 0.255. The summed E-state index contributed by atoms with van der Waals surface area (Å²) in [7, 11) is 0. The van der Waals surface area contributed by atoms with Gasteiger partial charge in [-0.05, 0) is 49.3 Å². The minimum absolute atomic E-state index is 0.551. The molecule has 2 aromatic carbocycles. The number of benzene rings is 2.